The first-order valence-electron chi connectivity index (χ1n) is 16.4. The van der Waals surface area contributed by atoms with E-state index >= 15 is 0 Å². The second kappa shape index (κ2) is 9.90. The van der Waals surface area contributed by atoms with Crippen LogP contribution >= 0.6 is 0 Å². The van der Waals surface area contributed by atoms with E-state index < -0.39 is 5.41 Å². The maximum Gasteiger partial charge on any atom is 0.235 e. The molecule has 0 amide bonds. The van der Waals surface area contributed by atoms with Gasteiger partial charge in [0.05, 0.1) is 27.9 Å². The highest BCUT2D eigenvalue weighted by Gasteiger charge is 2.41. The van der Waals surface area contributed by atoms with Gasteiger partial charge in [-0.05, 0) is 50.2 Å². The normalized spacial score (nSPS) is 13.5. The number of benzene rings is 6. The van der Waals surface area contributed by atoms with Gasteiger partial charge < -0.3 is 9.30 Å². The fourth-order valence-electron chi connectivity index (χ4n) is 7.76. The summed E-state index contributed by atoms with van der Waals surface area (Å²) in [6, 6.07) is 50.8. The van der Waals surface area contributed by atoms with Crippen molar-refractivity contribution < 1.29 is 4.74 Å². The predicted octanol–water partition coefficient (Wildman–Crippen LogP) is 10.8. The van der Waals surface area contributed by atoms with Gasteiger partial charge >= 0.3 is 0 Å². The van der Waals surface area contributed by atoms with Crippen molar-refractivity contribution in [3.63, 3.8) is 0 Å². The van der Waals surface area contributed by atoms with Gasteiger partial charge in [0, 0.05) is 43.8 Å². The molecule has 6 aromatic carbocycles. The highest BCUT2D eigenvalue weighted by atomic mass is 16.5. The smallest absolute Gasteiger partial charge is 0.235 e. The average molecular weight is 619 g/mol. The first-order chi connectivity index (χ1) is 23.6. The van der Waals surface area contributed by atoms with Crippen LogP contribution in [0.15, 0.2) is 146 Å². The van der Waals surface area contributed by atoms with Gasteiger partial charge in [-0.2, -0.15) is 0 Å². The fraction of sp³-hybridized carbons (Fsp3) is 0.0698. The monoisotopic (exact) mass is 618 g/mol. The van der Waals surface area contributed by atoms with Gasteiger partial charge in [-0.25, -0.2) is 9.97 Å². The van der Waals surface area contributed by atoms with Crippen LogP contribution < -0.4 is 4.74 Å². The summed E-state index contributed by atoms with van der Waals surface area (Å²) in [6.07, 6.45) is 0. The van der Waals surface area contributed by atoms with Gasteiger partial charge in [-0.1, -0.05) is 109 Å². The van der Waals surface area contributed by atoms with Crippen LogP contribution in [0.3, 0.4) is 0 Å². The quantitative estimate of drug-likeness (QED) is 0.198. The lowest BCUT2D eigenvalue weighted by atomic mass is 9.78. The highest BCUT2D eigenvalue weighted by Crippen LogP contribution is 2.55. The zero-order valence-corrected chi connectivity index (χ0v) is 26.6. The molecule has 10 rings (SSSR count). The molecule has 5 nitrogen and oxygen atoms in total. The van der Waals surface area contributed by atoms with Gasteiger partial charge in [-0.3, -0.25) is 4.57 Å². The summed E-state index contributed by atoms with van der Waals surface area (Å²) in [5.74, 6) is 2.35. The van der Waals surface area contributed by atoms with Crippen molar-refractivity contribution in [1.29, 1.82) is 0 Å². The van der Waals surface area contributed by atoms with Crippen molar-refractivity contribution in [2.24, 2.45) is 0 Å². The van der Waals surface area contributed by atoms with Crippen LogP contribution in [-0.4, -0.2) is 19.1 Å². The number of aromatic nitrogens is 4. The van der Waals surface area contributed by atoms with Crippen molar-refractivity contribution in [1.82, 2.24) is 19.1 Å². The standard InChI is InChI=1S/C43H30N4O/c1-43(2)33-26-25-30-29-19-10-13-23-35(29)47(42-44-34-22-12-9-20-31(34)37(45-42)27-15-5-3-6-16-27)38(30)40(33)48-39-32-21-11-14-24-36(32)46(41(39)43)28-17-7-4-8-18-28/h3-26H,1-2H3. The summed E-state index contributed by atoms with van der Waals surface area (Å²) in [5.41, 5.74) is 8.96. The summed E-state index contributed by atoms with van der Waals surface area (Å²) < 4.78 is 11.8. The van der Waals surface area contributed by atoms with Gasteiger partial charge in [0.1, 0.15) is 5.52 Å². The molecule has 48 heavy (non-hydrogen) atoms. The summed E-state index contributed by atoms with van der Waals surface area (Å²) in [6.45, 7) is 4.62. The van der Waals surface area contributed by atoms with E-state index in [1.54, 1.807) is 0 Å². The number of hydrogen-bond donors (Lipinski definition) is 0. The summed E-state index contributed by atoms with van der Waals surface area (Å²) >= 11 is 0. The Hall–Kier alpha value is -6.20. The molecule has 1 aliphatic heterocycles. The van der Waals surface area contributed by atoms with Crippen LogP contribution in [0.5, 0.6) is 11.5 Å². The van der Waals surface area contributed by atoms with E-state index in [0.717, 1.165) is 83.3 Å². The first kappa shape index (κ1) is 27.0. The third-order valence-corrected chi connectivity index (χ3v) is 9.94. The number of rotatable bonds is 3. The Bertz CT molecular complexity index is 2720. The molecule has 0 radical (unpaired) electrons. The predicted molar refractivity (Wildman–Crippen MR) is 195 cm³/mol. The van der Waals surface area contributed by atoms with Gasteiger partial charge in [0.25, 0.3) is 0 Å². The number of para-hydroxylation sites is 4. The largest absolute Gasteiger partial charge is 0.452 e. The molecular weight excluding hydrogens is 589 g/mol. The van der Waals surface area contributed by atoms with Crippen LogP contribution in [0.4, 0.5) is 0 Å². The molecule has 3 aromatic heterocycles. The number of nitrogens with zero attached hydrogens (tertiary/aromatic N) is 4. The molecule has 0 N–H and O–H groups in total. The molecule has 5 heteroatoms. The van der Waals surface area contributed by atoms with Crippen LogP contribution in [0.1, 0.15) is 25.1 Å². The molecule has 228 valence electrons. The lowest BCUT2D eigenvalue weighted by molar-refractivity contribution is 0.417. The maximum atomic E-state index is 7.24. The van der Waals surface area contributed by atoms with E-state index in [0.29, 0.717) is 5.95 Å². The second-order valence-corrected chi connectivity index (χ2v) is 13.0. The number of ether oxygens (including phenoxy) is 1. The van der Waals surface area contributed by atoms with Crippen molar-refractivity contribution in [2.45, 2.75) is 19.3 Å². The molecule has 0 atom stereocenters. The molecule has 0 aliphatic carbocycles. The lowest BCUT2D eigenvalue weighted by Crippen LogP contribution is -2.27. The van der Waals surface area contributed by atoms with Gasteiger partial charge in [-0.15, -0.1) is 0 Å². The van der Waals surface area contributed by atoms with Crippen molar-refractivity contribution in [3.8, 4) is 34.4 Å². The van der Waals surface area contributed by atoms with E-state index in [-0.39, 0.29) is 0 Å². The van der Waals surface area contributed by atoms with Gasteiger partial charge in [0.15, 0.2) is 11.5 Å². The minimum atomic E-state index is -0.396. The van der Waals surface area contributed by atoms with E-state index in [9.17, 15) is 0 Å². The number of hydrogen-bond acceptors (Lipinski definition) is 3. The molecular formula is C43H30N4O. The van der Waals surface area contributed by atoms with Gasteiger partial charge in [0.2, 0.25) is 5.95 Å². The molecule has 0 saturated carbocycles. The summed E-state index contributed by atoms with van der Waals surface area (Å²) in [4.78, 5) is 10.5. The van der Waals surface area contributed by atoms with Crippen LogP contribution in [0.25, 0.3) is 66.5 Å². The van der Waals surface area contributed by atoms with Crippen molar-refractivity contribution >= 4 is 43.6 Å². The second-order valence-electron chi connectivity index (χ2n) is 13.0. The SMILES string of the molecule is CC1(C)c2ccc3c4ccccc4n(-c4nc(-c5ccccc5)c5ccccc5n4)c3c2Oc2c1n(-c1ccccc1)c1ccccc21. The minimum absolute atomic E-state index is 0.396. The Morgan fingerprint density at radius 1 is 0.521 bits per heavy atom. The Labute approximate surface area is 277 Å². The molecule has 0 unspecified atom stereocenters. The zero-order valence-electron chi connectivity index (χ0n) is 26.6. The Morgan fingerprint density at radius 2 is 1.15 bits per heavy atom. The maximum absolute atomic E-state index is 7.24. The molecule has 0 saturated heterocycles. The van der Waals surface area contributed by atoms with Crippen LogP contribution in [0, 0.1) is 0 Å². The van der Waals surface area contributed by atoms with E-state index in [4.69, 9.17) is 14.7 Å². The third-order valence-electron chi connectivity index (χ3n) is 9.94. The Morgan fingerprint density at radius 3 is 1.92 bits per heavy atom. The Kier molecular flexibility index (Phi) is 5.56. The average Bonchev–Trinajstić information content (AvgIpc) is 3.66. The van der Waals surface area contributed by atoms with Crippen molar-refractivity contribution in [3.05, 3.63) is 157 Å². The first-order valence-corrected chi connectivity index (χ1v) is 16.4. The fourth-order valence-corrected chi connectivity index (χ4v) is 7.76. The molecule has 0 bridgehead atoms. The van der Waals surface area contributed by atoms with E-state index in [1.165, 1.54) is 0 Å². The number of fused-ring (bicyclic) bond motifs is 9. The topological polar surface area (TPSA) is 44.9 Å². The van der Waals surface area contributed by atoms with E-state index in [2.05, 4.69) is 150 Å². The minimum Gasteiger partial charge on any atom is -0.452 e. The van der Waals surface area contributed by atoms with Crippen LogP contribution in [-0.2, 0) is 5.41 Å². The van der Waals surface area contributed by atoms with Crippen molar-refractivity contribution in [2.75, 3.05) is 0 Å². The third kappa shape index (κ3) is 3.67. The molecule has 0 spiro atoms. The zero-order chi connectivity index (χ0) is 32.0. The van der Waals surface area contributed by atoms with E-state index in [1.807, 2.05) is 18.2 Å². The highest BCUT2D eigenvalue weighted by molar-refractivity contribution is 6.12. The molecule has 9 aromatic rings. The Balaban J connectivity index is 1.31. The summed E-state index contributed by atoms with van der Waals surface area (Å²) in [5, 5.41) is 4.34. The summed E-state index contributed by atoms with van der Waals surface area (Å²) in [7, 11) is 0. The van der Waals surface area contributed by atoms with Crippen LogP contribution in [0.2, 0.25) is 0 Å². The molecule has 0 fully saturated rings. The molecule has 4 heterocycles. The lowest BCUT2D eigenvalue weighted by Gasteiger charge is -2.34. The molecule has 1 aliphatic rings.